The van der Waals surface area contributed by atoms with Crippen LogP contribution in [0, 0.1) is 0 Å². The molecule has 1 aromatic heterocycles. The summed E-state index contributed by atoms with van der Waals surface area (Å²) >= 11 is 6.94. The molecule has 0 bridgehead atoms. The number of primary amides is 1. The van der Waals surface area contributed by atoms with E-state index >= 15 is 0 Å². The largest absolute Gasteiger partial charge is 0.369 e. The van der Waals surface area contributed by atoms with E-state index < -0.39 is 22.0 Å². The third kappa shape index (κ3) is 4.94. The minimum atomic E-state index is -3.74. The van der Waals surface area contributed by atoms with Gasteiger partial charge in [-0.15, -0.1) is 10.2 Å². The monoisotopic (exact) mass is 403 g/mol. The van der Waals surface area contributed by atoms with Crippen LogP contribution in [-0.2, 0) is 21.4 Å². The fourth-order valence-electron chi connectivity index (χ4n) is 2.13. The maximum Gasteiger partial charge on any atom is 0.241 e. The predicted octanol–water partition coefficient (Wildman–Crippen LogP) is 1.57. The number of thioether (sulfide) groups is 1. The predicted molar refractivity (Wildman–Crippen MR) is 95.8 cm³/mol. The van der Waals surface area contributed by atoms with Crippen molar-refractivity contribution < 1.29 is 13.2 Å². The maximum atomic E-state index is 12.5. The lowest BCUT2D eigenvalue weighted by Gasteiger charge is -2.15. The first-order valence-electron chi connectivity index (χ1n) is 7.36. The van der Waals surface area contributed by atoms with Crippen LogP contribution in [0.2, 0.25) is 5.02 Å². The van der Waals surface area contributed by atoms with Crippen molar-refractivity contribution in [2.45, 2.75) is 36.5 Å². The van der Waals surface area contributed by atoms with Crippen LogP contribution < -0.4 is 10.5 Å². The summed E-state index contributed by atoms with van der Waals surface area (Å²) in [6.45, 7) is 4.07. The van der Waals surface area contributed by atoms with Gasteiger partial charge in [0.2, 0.25) is 15.9 Å². The lowest BCUT2D eigenvalue weighted by molar-refractivity contribution is -0.115. The SMILES string of the molecule is CCn1c(SCC(N)=O)nnc1[C@@H](C)NS(=O)(=O)c1ccc(Cl)cc1. The summed E-state index contributed by atoms with van der Waals surface area (Å²) in [5.74, 6) is 0.0592. The van der Waals surface area contributed by atoms with Crippen LogP contribution in [0.5, 0.6) is 0 Å². The summed E-state index contributed by atoms with van der Waals surface area (Å²) in [5, 5.41) is 9.02. The van der Waals surface area contributed by atoms with E-state index in [1.807, 2.05) is 6.92 Å². The molecule has 3 N–H and O–H groups in total. The van der Waals surface area contributed by atoms with Gasteiger partial charge in [-0.05, 0) is 38.1 Å². The van der Waals surface area contributed by atoms with Crippen LogP contribution in [0.25, 0.3) is 0 Å². The molecule has 1 amide bonds. The first kappa shape index (κ1) is 19.7. The van der Waals surface area contributed by atoms with E-state index in [9.17, 15) is 13.2 Å². The zero-order valence-electron chi connectivity index (χ0n) is 13.6. The van der Waals surface area contributed by atoms with Gasteiger partial charge >= 0.3 is 0 Å². The Hall–Kier alpha value is -1.62. The van der Waals surface area contributed by atoms with Gasteiger partial charge in [0.05, 0.1) is 16.7 Å². The van der Waals surface area contributed by atoms with Gasteiger partial charge in [0.15, 0.2) is 11.0 Å². The number of benzene rings is 1. The van der Waals surface area contributed by atoms with Crippen LogP contribution in [0.4, 0.5) is 0 Å². The maximum absolute atomic E-state index is 12.5. The molecule has 136 valence electrons. The fourth-order valence-corrected chi connectivity index (χ4v) is 4.20. The molecule has 2 rings (SSSR count). The molecular weight excluding hydrogens is 386 g/mol. The molecule has 0 saturated carbocycles. The molecule has 1 heterocycles. The third-order valence-corrected chi connectivity index (χ3v) is 6.05. The van der Waals surface area contributed by atoms with Crippen molar-refractivity contribution >= 4 is 39.3 Å². The molecule has 11 heteroatoms. The van der Waals surface area contributed by atoms with E-state index in [4.69, 9.17) is 17.3 Å². The smallest absolute Gasteiger partial charge is 0.241 e. The summed E-state index contributed by atoms with van der Waals surface area (Å²) in [6, 6.07) is 5.25. The summed E-state index contributed by atoms with van der Waals surface area (Å²) in [5.41, 5.74) is 5.14. The molecule has 0 fully saturated rings. The Morgan fingerprint density at radius 1 is 1.36 bits per heavy atom. The number of sulfonamides is 1. The van der Waals surface area contributed by atoms with Crippen molar-refractivity contribution in [2.24, 2.45) is 5.73 Å². The Kier molecular flexibility index (Phi) is 6.44. The zero-order valence-corrected chi connectivity index (χ0v) is 16.0. The number of carbonyl (C=O) groups is 1. The normalized spacial score (nSPS) is 12.9. The van der Waals surface area contributed by atoms with Crippen molar-refractivity contribution in [3.63, 3.8) is 0 Å². The number of nitrogens with two attached hydrogens (primary N) is 1. The molecule has 0 spiro atoms. The van der Waals surface area contributed by atoms with Gasteiger partial charge in [-0.1, -0.05) is 23.4 Å². The number of amides is 1. The van der Waals surface area contributed by atoms with Crippen molar-refractivity contribution in [3.8, 4) is 0 Å². The Balaban J connectivity index is 2.21. The Morgan fingerprint density at radius 2 is 2.00 bits per heavy atom. The van der Waals surface area contributed by atoms with Crippen LogP contribution in [0.15, 0.2) is 34.3 Å². The van der Waals surface area contributed by atoms with E-state index in [2.05, 4.69) is 14.9 Å². The van der Waals surface area contributed by atoms with E-state index in [1.54, 1.807) is 11.5 Å². The zero-order chi connectivity index (χ0) is 18.6. The number of aromatic nitrogens is 3. The number of nitrogens with one attached hydrogen (secondary N) is 1. The topological polar surface area (TPSA) is 120 Å². The second-order valence-corrected chi connectivity index (χ2v) is 8.23. The summed E-state index contributed by atoms with van der Waals surface area (Å²) in [4.78, 5) is 11.0. The van der Waals surface area contributed by atoms with Crippen molar-refractivity contribution in [2.75, 3.05) is 5.75 Å². The molecule has 0 aliphatic rings. The standard InChI is InChI=1S/C14H18ClN5O3S2/c1-3-20-13(17-18-14(20)24-8-12(16)21)9(2)19-25(22,23)11-6-4-10(15)5-7-11/h4-7,9,19H,3,8H2,1-2H3,(H2,16,21)/t9-/m1/s1. The molecular formula is C14H18ClN5O3S2. The first-order chi connectivity index (χ1) is 11.7. The average Bonchev–Trinajstić information content (AvgIpc) is 2.96. The molecule has 0 radical (unpaired) electrons. The quantitative estimate of drug-likeness (QED) is 0.645. The number of hydrogen-bond acceptors (Lipinski definition) is 6. The highest BCUT2D eigenvalue weighted by molar-refractivity contribution is 7.99. The molecule has 0 unspecified atom stereocenters. The fraction of sp³-hybridized carbons (Fsp3) is 0.357. The van der Waals surface area contributed by atoms with E-state index in [1.165, 1.54) is 24.3 Å². The van der Waals surface area contributed by atoms with Gasteiger partial charge < -0.3 is 10.3 Å². The second kappa shape index (κ2) is 8.17. The first-order valence-corrected chi connectivity index (χ1v) is 10.2. The van der Waals surface area contributed by atoms with Gasteiger partial charge in [0, 0.05) is 11.6 Å². The summed E-state index contributed by atoms with van der Waals surface area (Å²) in [6.07, 6.45) is 0. The minimum Gasteiger partial charge on any atom is -0.369 e. The highest BCUT2D eigenvalue weighted by Crippen LogP contribution is 2.22. The number of nitrogens with zero attached hydrogens (tertiary/aromatic N) is 3. The highest BCUT2D eigenvalue weighted by Gasteiger charge is 2.23. The van der Waals surface area contributed by atoms with Crippen LogP contribution >= 0.6 is 23.4 Å². The van der Waals surface area contributed by atoms with Gasteiger partial charge in [0.25, 0.3) is 0 Å². The van der Waals surface area contributed by atoms with Crippen molar-refractivity contribution in [3.05, 3.63) is 35.1 Å². The molecule has 1 aromatic carbocycles. The number of rotatable bonds is 8. The van der Waals surface area contributed by atoms with Gasteiger partial charge in [-0.2, -0.15) is 0 Å². The molecule has 25 heavy (non-hydrogen) atoms. The molecule has 1 atom stereocenters. The lowest BCUT2D eigenvalue weighted by Crippen LogP contribution is -2.29. The summed E-state index contributed by atoms with van der Waals surface area (Å²) in [7, 11) is -3.74. The van der Waals surface area contributed by atoms with E-state index in [0.717, 1.165) is 11.8 Å². The average molecular weight is 404 g/mol. The lowest BCUT2D eigenvalue weighted by atomic mass is 10.3. The van der Waals surface area contributed by atoms with Gasteiger partial charge in [0.1, 0.15) is 0 Å². The highest BCUT2D eigenvalue weighted by atomic mass is 35.5. The number of halogens is 1. The Bertz CT molecular complexity index is 852. The van der Waals surface area contributed by atoms with Crippen LogP contribution in [0.1, 0.15) is 25.7 Å². The van der Waals surface area contributed by atoms with E-state index in [0.29, 0.717) is 22.5 Å². The van der Waals surface area contributed by atoms with Crippen molar-refractivity contribution in [1.29, 1.82) is 0 Å². The second-order valence-electron chi connectivity index (χ2n) is 5.14. The number of hydrogen-bond donors (Lipinski definition) is 2. The summed E-state index contributed by atoms with van der Waals surface area (Å²) < 4.78 is 29.2. The minimum absolute atomic E-state index is 0.0724. The molecule has 0 saturated heterocycles. The Labute approximate surface area is 155 Å². The molecule has 8 nitrogen and oxygen atoms in total. The Morgan fingerprint density at radius 3 is 2.56 bits per heavy atom. The van der Waals surface area contributed by atoms with Gasteiger partial charge in [-0.3, -0.25) is 4.79 Å². The number of carbonyl (C=O) groups excluding carboxylic acids is 1. The van der Waals surface area contributed by atoms with Crippen molar-refractivity contribution in [1.82, 2.24) is 19.5 Å². The van der Waals surface area contributed by atoms with Crippen LogP contribution in [0.3, 0.4) is 0 Å². The third-order valence-electron chi connectivity index (χ3n) is 3.25. The molecule has 0 aliphatic carbocycles. The van der Waals surface area contributed by atoms with E-state index in [-0.39, 0.29) is 10.6 Å². The molecule has 2 aromatic rings. The molecule has 0 aliphatic heterocycles. The van der Waals surface area contributed by atoms with Crippen LogP contribution in [-0.4, -0.2) is 34.8 Å². The van der Waals surface area contributed by atoms with Gasteiger partial charge in [-0.25, -0.2) is 13.1 Å².